The van der Waals surface area contributed by atoms with Crippen LogP contribution in [-0.4, -0.2) is 82.9 Å². The fourth-order valence-electron chi connectivity index (χ4n) is 6.70. The molecule has 2 fully saturated rings. The number of carbonyl (C=O) groups is 2. The van der Waals surface area contributed by atoms with Crippen LogP contribution in [0.25, 0.3) is 16.6 Å². The molecule has 1 aromatic carbocycles. The van der Waals surface area contributed by atoms with E-state index in [1.807, 2.05) is 44.9 Å². The van der Waals surface area contributed by atoms with E-state index in [1.54, 1.807) is 22.9 Å². The van der Waals surface area contributed by atoms with Crippen LogP contribution in [0.4, 0.5) is 4.39 Å². The molecule has 0 atom stereocenters. The van der Waals surface area contributed by atoms with Crippen molar-refractivity contribution in [1.29, 1.82) is 0 Å². The molecule has 41 heavy (non-hydrogen) atoms. The number of aromatic nitrogens is 2. The highest BCUT2D eigenvalue weighted by Crippen LogP contribution is 2.35. The van der Waals surface area contributed by atoms with Gasteiger partial charge in [-0.1, -0.05) is 0 Å². The molecule has 1 saturated heterocycles. The number of likely N-dealkylation sites (tertiary alicyclic amines) is 1. The maximum Gasteiger partial charge on any atom is 0.256 e. The van der Waals surface area contributed by atoms with Crippen molar-refractivity contribution >= 4 is 22.7 Å². The van der Waals surface area contributed by atoms with Gasteiger partial charge in [0.2, 0.25) is 5.91 Å². The SMILES string of the molecule is Cc1cncc2c1c(CC1CN(CC3CCC(C(=O)N(C)C)CC3)C1)cn2-c1ccc(F)cc1C(=O)N(C)C(C)C. The number of benzene rings is 1. The highest BCUT2D eigenvalue weighted by molar-refractivity contribution is 5.99. The average Bonchev–Trinajstić information content (AvgIpc) is 3.30. The van der Waals surface area contributed by atoms with E-state index in [2.05, 4.69) is 23.0 Å². The molecule has 3 heterocycles. The van der Waals surface area contributed by atoms with Crippen LogP contribution >= 0.6 is 0 Å². The summed E-state index contributed by atoms with van der Waals surface area (Å²) >= 11 is 0. The van der Waals surface area contributed by atoms with Crippen molar-refractivity contribution in [3.63, 3.8) is 0 Å². The Morgan fingerprint density at radius 3 is 2.41 bits per heavy atom. The van der Waals surface area contributed by atoms with E-state index in [9.17, 15) is 14.0 Å². The van der Waals surface area contributed by atoms with Gasteiger partial charge in [-0.25, -0.2) is 4.39 Å². The van der Waals surface area contributed by atoms with E-state index in [0.717, 1.165) is 62.8 Å². The minimum absolute atomic E-state index is 0.00312. The van der Waals surface area contributed by atoms with Gasteiger partial charge < -0.3 is 19.3 Å². The smallest absolute Gasteiger partial charge is 0.256 e. The highest BCUT2D eigenvalue weighted by Gasteiger charge is 2.33. The summed E-state index contributed by atoms with van der Waals surface area (Å²) in [5, 5.41) is 1.17. The van der Waals surface area contributed by atoms with E-state index < -0.39 is 5.82 Å². The van der Waals surface area contributed by atoms with E-state index in [1.165, 1.54) is 23.1 Å². The fraction of sp³-hybridized carbons (Fsp3) is 0.545. The van der Waals surface area contributed by atoms with Crippen molar-refractivity contribution in [2.75, 3.05) is 40.8 Å². The molecular formula is C33H44FN5O2. The van der Waals surface area contributed by atoms with Crippen molar-refractivity contribution in [2.24, 2.45) is 17.8 Å². The predicted molar refractivity (Wildman–Crippen MR) is 161 cm³/mol. The first-order chi connectivity index (χ1) is 19.5. The topological polar surface area (TPSA) is 61.7 Å². The van der Waals surface area contributed by atoms with E-state index in [0.29, 0.717) is 23.1 Å². The number of amides is 2. The number of carbonyl (C=O) groups excluding carboxylic acids is 2. The summed E-state index contributed by atoms with van der Waals surface area (Å²) in [5.41, 5.74) is 4.31. The van der Waals surface area contributed by atoms with Crippen LogP contribution < -0.4 is 0 Å². The van der Waals surface area contributed by atoms with Crippen molar-refractivity contribution in [3.05, 3.63) is 59.3 Å². The molecule has 1 saturated carbocycles. The number of fused-ring (bicyclic) bond motifs is 1. The van der Waals surface area contributed by atoms with Crippen molar-refractivity contribution < 1.29 is 14.0 Å². The lowest BCUT2D eigenvalue weighted by molar-refractivity contribution is -0.134. The standard InChI is InChI=1S/C33H44FN5O2/c1-21(2)37(6)33(41)28-14-27(34)11-12-29(28)39-20-26(31-22(3)15-35-16-30(31)39)13-24-18-38(19-24)17-23-7-9-25(10-8-23)32(40)36(4)5/h11-12,14-16,20-21,23-25H,7-10,13,17-19H2,1-6H3. The molecular weight excluding hydrogens is 517 g/mol. The van der Waals surface area contributed by atoms with E-state index >= 15 is 0 Å². The van der Waals surface area contributed by atoms with E-state index in [-0.39, 0.29) is 23.8 Å². The lowest BCUT2D eigenvalue weighted by atomic mass is 9.80. The number of pyridine rings is 1. The summed E-state index contributed by atoms with van der Waals surface area (Å²) in [7, 11) is 5.46. The number of halogens is 1. The molecule has 220 valence electrons. The quantitative estimate of drug-likeness (QED) is 0.373. The molecule has 2 amide bonds. The Bertz CT molecular complexity index is 1420. The lowest BCUT2D eigenvalue weighted by Gasteiger charge is -2.42. The summed E-state index contributed by atoms with van der Waals surface area (Å²) in [6.07, 6.45) is 11.1. The summed E-state index contributed by atoms with van der Waals surface area (Å²) in [6, 6.07) is 4.47. The molecule has 0 N–H and O–H groups in total. The Morgan fingerprint density at radius 1 is 1.05 bits per heavy atom. The van der Waals surface area contributed by atoms with Crippen LogP contribution in [0.1, 0.15) is 61.0 Å². The Morgan fingerprint density at radius 2 is 1.76 bits per heavy atom. The minimum atomic E-state index is -0.424. The van der Waals surface area contributed by atoms with Crippen LogP contribution in [0.2, 0.25) is 0 Å². The minimum Gasteiger partial charge on any atom is -0.349 e. The molecule has 1 aliphatic carbocycles. The zero-order chi connectivity index (χ0) is 29.4. The molecule has 0 bridgehead atoms. The second-order valence-electron chi connectivity index (χ2n) is 12.8. The lowest BCUT2D eigenvalue weighted by Crippen LogP contribution is -2.49. The molecule has 2 aliphatic rings. The van der Waals surface area contributed by atoms with Crippen LogP contribution in [0, 0.1) is 30.5 Å². The zero-order valence-corrected chi connectivity index (χ0v) is 25.4. The largest absolute Gasteiger partial charge is 0.349 e. The van der Waals surface area contributed by atoms with Gasteiger partial charge in [0.05, 0.1) is 23.0 Å². The first-order valence-electron chi connectivity index (χ1n) is 15.0. The number of nitrogens with zero attached hydrogens (tertiary/aromatic N) is 5. The third kappa shape index (κ3) is 6.03. The predicted octanol–water partition coefficient (Wildman–Crippen LogP) is 5.32. The Kier molecular flexibility index (Phi) is 8.50. The van der Waals surface area contributed by atoms with Gasteiger partial charge in [0.15, 0.2) is 0 Å². The van der Waals surface area contributed by atoms with Crippen molar-refractivity contribution in [1.82, 2.24) is 24.3 Å². The summed E-state index contributed by atoms with van der Waals surface area (Å²) in [6.45, 7) is 9.25. The normalized spacial score (nSPS) is 19.9. The number of aryl methyl sites for hydroxylation is 1. The van der Waals surface area contributed by atoms with Gasteiger partial charge in [-0.3, -0.25) is 14.6 Å². The Hall–Kier alpha value is -3.26. The monoisotopic (exact) mass is 561 g/mol. The second kappa shape index (κ2) is 11.9. The highest BCUT2D eigenvalue weighted by atomic mass is 19.1. The van der Waals surface area contributed by atoms with Crippen LogP contribution in [-0.2, 0) is 11.2 Å². The number of hydrogen-bond acceptors (Lipinski definition) is 4. The maximum absolute atomic E-state index is 14.4. The second-order valence-corrected chi connectivity index (χ2v) is 12.8. The fourth-order valence-corrected chi connectivity index (χ4v) is 6.70. The van der Waals surface area contributed by atoms with Crippen LogP contribution in [0.15, 0.2) is 36.8 Å². The maximum atomic E-state index is 14.4. The summed E-state index contributed by atoms with van der Waals surface area (Å²) < 4.78 is 16.4. The van der Waals surface area contributed by atoms with Gasteiger partial charge >= 0.3 is 0 Å². The van der Waals surface area contributed by atoms with Gasteiger partial charge in [-0.15, -0.1) is 0 Å². The average molecular weight is 562 g/mol. The number of hydrogen-bond donors (Lipinski definition) is 0. The molecule has 8 heteroatoms. The summed E-state index contributed by atoms with van der Waals surface area (Å²) in [5.74, 6) is 1.09. The third-order valence-electron chi connectivity index (χ3n) is 9.22. The number of rotatable bonds is 8. The molecule has 1 aliphatic heterocycles. The van der Waals surface area contributed by atoms with Gasteiger partial charge in [-0.2, -0.15) is 0 Å². The zero-order valence-electron chi connectivity index (χ0n) is 25.4. The van der Waals surface area contributed by atoms with Gasteiger partial charge in [-0.05, 0) is 94.0 Å². The Balaban J connectivity index is 1.31. The van der Waals surface area contributed by atoms with Crippen molar-refractivity contribution in [3.8, 4) is 5.69 Å². The molecule has 5 rings (SSSR count). The first-order valence-corrected chi connectivity index (χ1v) is 15.0. The van der Waals surface area contributed by atoms with Gasteiger partial charge in [0.1, 0.15) is 5.82 Å². The molecule has 0 spiro atoms. The molecule has 0 radical (unpaired) electrons. The van der Waals surface area contributed by atoms with Gasteiger partial charge in [0.25, 0.3) is 5.91 Å². The molecule has 7 nitrogen and oxygen atoms in total. The first kappa shape index (κ1) is 29.2. The van der Waals surface area contributed by atoms with Crippen LogP contribution in [0.5, 0.6) is 0 Å². The summed E-state index contributed by atoms with van der Waals surface area (Å²) in [4.78, 5) is 36.1. The molecule has 0 unspecified atom stereocenters. The Labute approximate surface area is 243 Å². The van der Waals surface area contributed by atoms with E-state index in [4.69, 9.17) is 0 Å². The molecule has 2 aromatic heterocycles. The van der Waals surface area contributed by atoms with Crippen LogP contribution in [0.3, 0.4) is 0 Å². The van der Waals surface area contributed by atoms with Crippen molar-refractivity contribution in [2.45, 2.75) is 58.9 Å². The van der Waals surface area contributed by atoms with Gasteiger partial charge in [0, 0.05) is 70.5 Å². The third-order valence-corrected chi connectivity index (χ3v) is 9.22. The molecule has 3 aromatic rings.